The Labute approximate surface area is 148 Å². The minimum Gasteiger partial charge on any atom is -0.348 e. The molecule has 2 aromatic carbocycles. The van der Waals surface area contributed by atoms with Crippen molar-refractivity contribution in [1.82, 2.24) is 14.9 Å². The van der Waals surface area contributed by atoms with Gasteiger partial charge in [0.05, 0.1) is 16.9 Å². The second-order valence-corrected chi connectivity index (χ2v) is 6.08. The number of rotatable bonds is 4. The van der Waals surface area contributed by atoms with Gasteiger partial charge in [0.15, 0.2) is 0 Å². The molecule has 0 aliphatic rings. The van der Waals surface area contributed by atoms with Crippen LogP contribution in [0.4, 0.5) is 0 Å². The summed E-state index contributed by atoms with van der Waals surface area (Å²) >= 11 is 6.14. The highest BCUT2D eigenvalue weighted by molar-refractivity contribution is 6.31. The summed E-state index contributed by atoms with van der Waals surface area (Å²) in [5.74, 6) is -0.355. The summed E-state index contributed by atoms with van der Waals surface area (Å²) in [6.45, 7) is 1.61. The van der Waals surface area contributed by atoms with Crippen LogP contribution in [-0.2, 0) is 11.3 Å². The number of nitrogens with one attached hydrogen (secondary N) is 2. The molecule has 7 heteroatoms. The van der Waals surface area contributed by atoms with Gasteiger partial charge in [-0.1, -0.05) is 41.9 Å². The molecule has 0 bridgehead atoms. The minimum atomic E-state index is -0.621. The first kappa shape index (κ1) is 17.0. The number of para-hydroxylation sites is 1. The van der Waals surface area contributed by atoms with Gasteiger partial charge in [-0.2, -0.15) is 0 Å². The summed E-state index contributed by atoms with van der Waals surface area (Å²) in [6.07, 6.45) is 0. The molecule has 1 amide bonds. The van der Waals surface area contributed by atoms with Gasteiger partial charge in [-0.25, -0.2) is 4.79 Å². The van der Waals surface area contributed by atoms with Crippen LogP contribution in [0.15, 0.2) is 58.1 Å². The molecule has 1 atom stereocenters. The van der Waals surface area contributed by atoms with E-state index < -0.39 is 11.2 Å². The normalized spacial score (nSPS) is 12.1. The van der Waals surface area contributed by atoms with Crippen LogP contribution in [0, 0.1) is 0 Å². The summed E-state index contributed by atoms with van der Waals surface area (Å²) in [6, 6.07) is 13.6. The Balaban J connectivity index is 1.87. The maximum atomic E-state index is 12.4. The highest BCUT2D eigenvalue weighted by Gasteiger charge is 2.15. The standard InChI is InChI=1S/C18H16ClN3O3/c1-11(12-6-2-4-8-14(12)19)20-16(23)10-22-15-9-5-3-7-13(15)17(24)21-18(22)25/h2-9,11H,10H2,1H3,(H,20,23)(H,21,24,25)/t11-/m0/s1. The van der Waals surface area contributed by atoms with E-state index in [1.807, 2.05) is 25.1 Å². The number of fused-ring (bicyclic) bond motifs is 1. The fraction of sp³-hybridized carbons (Fsp3) is 0.167. The van der Waals surface area contributed by atoms with Crippen molar-refractivity contribution in [3.63, 3.8) is 0 Å². The van der Waals surface area contributed by atoms with Gasteiger partial charge < -0.3 is 5.32 Å². The van der Waals surface area contributed by atoms with E-state index >= 15 is 0 Å². The summed E-state index contributed by atoms with van der Waals surface area (Å²) in [5, 5.41) is 3.73. The zero-order valence-corrected chi connectivity index (χ0v) is 14.2. The lowest BCUT2D eigenvalue weighted by molar-refractivity contribution is -0.122. The lowest BCUT2D eigenvalue weighted by atomic mass is 10.1. The Kier molecular flexibility index (Phi) is 4.72. The van der Waals surface area contributed by atoms with E-state index in [0.29, 0.717) is 15.9 Å². The van der Waals surface area contributed by atoms with Crippen molar-refractivity contribution in [2.75, 3.05) is 0 Å². The van der Waals surface area contributed by atoms with E-state index in [2.05, 4.69) is 10.3 Å². The lowest BCUT2D eigenvalue weighted by Crippen LogP contribution is -2.37. The van der Waals surface area contributed by atoms with E-state index in [1.54, 1.807) is 30.3 Å². The Morgan fingerprint density at radius 3 is 2.60 bits per heavy atom. The maximum Gasteiger partial charge on any atom is 0.329 e. The molecule has 6 nitrogen and oxygen atoms in total. The largest absolute Gasteiger partial charge is 0.348 e. The van der Waals surface area contributed by atoms with Gasteiger partial charge in [-0.3, -0.25) is 19.1 Å². The third kappa shape index (κ3) is 3.49. The number of benzene rings is 2. The molecule has 3 aromatic rings. The van der Waals surface area contributed by atoms with Crippen molar-refractivity contribution in [2.24, 2.45) is 0 Å². The fourth-order valence-electron chi connectivity index (χ4n) is 2.73. The number of halogens is 1. The van der Waals surface area contributed by atoms with Gasteiger partial charge in [0, 0.05) is 5.02 Å². The van der Waals surface area contributed by atoms with E-state index in [1.165, 1.54) is 4.57 Å². The predicted octanol–water partition coefficient (Wildman–Crippen LogP) is 2.22. The second-order valence-electron chi connectivity index (χ2n) is 5.67. The molecule has 25 heavy (non-hydrogen) atoms. The molecule has 0 aliphatic heterocycles. The highest BCUT2D eigenvalue weighted by atomic mass is 35.5. The predicted molar refractivity (Wildman–Crippen MR) is 96.8 cm³/mol. The number of carbonyl (C=O) groups excluding carboxylic acids is 1. The van der Waals surface area contributed by atoms with Crippen molar-refractivity contribution in [2.45, 2.75) is 19.5 Å². The summed E-state index contributed by atoms with van der Waals surface area (Å²) in [5.41, 5.74) is 0.110. The lowest BCUT2D eigenvalue weighted by Gasteiger charge is -2.16. The molecule has 0 fully saturated rings. The van der Waals surface area contributed by atoms with Crippen molar-refractivity contribution in [3.8, 4) is 0 Å². The number of aromatic nitrogens is 2. The molecule has 1 heterocycles. The van der Waals surface area contributed by atoms with Crippen molar-refractivity contribution in [3.05, 3.63) is 80.0 Å². The zero-order valence-electron chi connectivity index (χ0n) is 13.5. The van der Waals surface area contributed by atoms with Crippen LogP contribution < -0.4 is 16.6 Å². The molecule has 128 valence electrons. The zero-order chi connectivity index (χ0) is 18.0. The molecule has 1 aromatic heterocycles. The van der Waals surface area contributed by atoms with Gasteiger partial charge in [0.25, 0.3) is 5.56 Å². The number of hydrogen-bond donors (Lipinski definition) is 2. The van der Waals surface area contributed by atoms with Gasteiger partial charge in [0.1, 0.15) is 6.54 Å². The summed E-state index contributed by atoms with van der Waals surface area (Å²) in [7, 11) is 0. The van der Waals surface area contributed by atoms with Gasteiger partial charge >= 0.3 is 5.69 Å². The SMILES string of the molecule is C[C@H](NC(=O)Cn1c(=O)[nH]c(=O)c2ccccc21)c1ccccc1Cl. The average Bonchev–Trinajstić information content (AvgIpc) is 2.59. The highest BCUT2D eigenvalue weighted by Crippen LogP contribution is 2.22. The molecule has 0 radical (unpaired) electrons. The third-order valence-corrected chi connectivity index (χ3v) is 4.30. The van der Waals surface area contributed by atoms with Gasteiger partial charge in [-0.15, -0.1) is 0 Å². The first-order valence-corrected chi connectivity index (χ1v) is 8.11. The summed E-state index contributed by atoms with van der Waals surface area (Å²) < 4.78 is 1.24. The number of nitrogens with zero attached hydrogens (tertiary/aromatic N) is 1. The smallest absolute Gasteiger partial charge is 0.329 e. The van der Waals surface area contributed by atoms with E-state index in [-0.39, 0.29) is 18.5 Å². The molecule has 0 spiro atoms. The van der Waals surface area contributed by atoms with E-state index in [4.69, 9.17) is 11.6 Å². The van der Waals surface area contributed by atoms with Gasteiger partial charge in [-0.05, 0) is 30.7 Å². The molecule has 0 saturated carbocycles. The molecule has 0 aliphatic carbocycles. The van der Waals surface area contributed by atoms with Crippen LogP contribution >= 0.6 is 11.6 Å². The fourth-order valence-corrected chi connectivity index (χ4v) is 3.03. The maximum absolute atomic E-state index is 12.4. The number of hydrogen-bond acceptors (Lipinski definition) is 3. The number of amides is 1. The Morgan fingerprint density at radius 2 is 1.84 bits per heavy atom. The average molecular weight is 358 g/mol. The third-order valence-electron chi connectivity index (χ3n) is 3.96. The van der Waals surface area contributed by atoms with Crippen LogP contribution in [0.5, 0.6) is 0 Å². The van der Waals surface area contributed by atoms with Crippen LogP contribution in [-0.4, -0.2) is 15.5 Å². The number of carbonyl (C=O) groups is 1. The quantitative estimate of drug-likeness (QED) is 0.751. The topological polar surface area (TPSA) is 84.0 Å². The van der Waals surface area contributed by atoms with Crippen molar-refractivity contribution < 1.29 is 4.79 Å². The van der Waals surface area contributed by atoms with Crippen LogP contribution in [0.25, 0.3) is 10.9 Å². The van der Waals surface area contributed by atoms with Crippen molar-refractivity contribution >= 4 is 28.4 Å². The summed E-state index contributed by atoms with van der Waals surface area (Å²) in [4.78, 5) is 38.6. The molecule has 3 rings (SSSR count). The number of H-pyrrole nitrogens is 1. The first-order chi connectivity index (χ1) is 12.0. The molecule has 0 unspecified atom stereocenters. The minimum absolute atomic E-state index is 0.203. The van der Waals surface area contributed by atoms with Crippen LogP contribution in [0.1, 0.15) is 18.5 Å². The molecule has 2 N–H and O–H groups in total. The van der Waals surface area contributed by atoms with Crippen LogP contribution in [0.2, 0.25) is 5.02 Å². The second kappa shape index (κ2) is 6.94. The molecule has 0 saturated heterocycles. The number of aromatic amines is 1. The molecular formula is C18H16ClN3O3. The Hall–Kier alpha value is -2.86. The van der Waals surface area contributed by atoms with Crippen molar-refractivity contribution in [1.29, 1.82) is 0 Å². The van der Waals surface area contributed by atoms with E-state index in [9.17, 15) is 14.4 Å². The van der Waals surface area contributed by atoms with E-state index in [0.717, 1.165) is 5.56 Å². The Bertz CT molecular complexity index is 1060. The molecular weight excluding hydrogens is 342 g/mol. The first-order valence-electron chi connectivity index (χ1n) is 7.73. The Morgan fingerprint density at radius 1 is 1.16 bits per heavy atom. The van der Waals surface area contributed by atoms with Crippen LogP contribution in [0.3, 0.4) is 0 Å². The monoisotopic (exact) mass is 357 g/mol. The van der Waals surface area contributed by atoms with Gasteiger partial charge in [0.2, 0.25) is 5.91 Å².